The number of nitrogens with one attached hydrogen (secondary N) is 3. The van der Waals surface area contributed by atoms with Gasteiger partial charge in [0, 0.05) is 38.9 Å². The minimum absolute atomic E-state index is 0.240. The third kappa shape index (κ3) is 1.94. The molecule has 0 amide bonds. The molecule has 3 rings (SSSR count). The summed E-state index contributed by atoms with van der Waals surface area (Å²) in [4.78, 5) is 0. The molecule has 0 spiro atoms. The number of hydrazine groups is 3. The van der Waals surface area contributed by atoms with Gasteiger partial charge in [-0.25, -0.2) is 15.4 Å². The van der Waals surface area contributed by atoms with Crippen LogP contribution in [-0.4, -0.2) is 54.0 Å². The lowest BCUT2D eigenvalue weighted by Crippen LogP contribution is -2.62. The quantitative estimate of drug-likeness (QED) is 0.573. The van der Waals surface area contributed by atoms with Gasteiger partial charge >= 0.3 is 0 Å². The summed E-state index contributed by atoms with van der Waals surface area (Å²) < 4.78 is 0. The highest BCUT2D eigenvalue weighted by Gasteiger charge is 2.33. The first-order chi connectivity index (χ1) is 7.95. The first kappa shape index (κ1) is 10.5. The molecule has 0 unspecified atom stereocenters. The molecule has 2 fully saturated rings. The molecule has 3 heterocycles. The number of hydrogen-bond acceptors (Lipinski definition) is 6. The van der Waals surface area contributed by atoms with Crippen molar-refractivity contribution < 1.29 is 0 Å². The molecule has 3 aliphatic heterocycles. The molecular formula is C10H20N6. The van der Waals surface area contributed by atoms with Gasteiger partial charge in [-0.05, 0) is 12.8 Å². The van der Waals surface area contributed by atoms with Gasteiger partial charge in [0.1, 0.15) is 0 Å². The minimum atomic E-state index is 0.240. The Balaban J connectivity index is 1.73. The summed E-state index contributed by atoms with van der Waals surface area (Å²) in [6, 6.07) is 0. The van der Waals surface area contributed by atoms with Crippen molar-refractivity contribution >= 4 is 0 Å². The SMILES string of the molecule is C1=CN(C(N2CCCN2)N2CCCN2)NC1. The van der Waals surface area contributed by atoms with Crippen LogP contribution < -0.4 is 16.3 Å². The molecule has 0 radical (unpaired) electrons. The smallest absolute Gasteiger partial charge is 0.178 e. The van der Waals surface area contributed by atoms with Crippen LogP contribution in [0.2, 0.25) is 0 Å². The van der Waals surface area contributed by atoms with Crippen molar-refractivity contribution in [1.29, 1.82) is 0 Å². The Morgan fingerprint density at radius 1 is 0.938 bits per heavy atom. The number of rotatable bonds is 3. The molecule has 2 saturated heterocycles. The zero-order valence-corrected chi connectivity index (χ0v) is 9.52. The van der Waals surface area contributed by atoms with Crippen molar-refractivity contribution in [3.05, 3.63) is 12.3 Å². The van der Waals surface area contributed by atoms with Crippen LogP contribution in [0.15, 0.2) is 12.3 Å². The fourth-order valence-corrected chi connectivity index (χ4v) is 2.50. The maximum absolute atomic E-state index is 3.45. The van der Waals surface area contributed by atoms with E-state index in [2.05, 4.69) is 43.6 Å². The second-order valence-electron chi connectivity index (χ2n) is 4.41. The summed E-state index contributed by atoms with van der Waals surface area (Å²) in [6.07, 6.45) is 6.97. The van der Waals surface area contributed by atoms with Crippen LogP contribution in [0.4, 0.5) is 0 Å². The highest BCUT2D eigenvalue weighted by molar-refractivity contribution is 4.92. The fraction of sp³-hybridized carbons (Fsp3) is 0.800. The second kappa shape index (κ2) is 4.68. The molecule has 0 bridgehead atoms. The molecule has 0 aromatic heterocycles. The molecule has 90 valence electrons. The number of nitrogens with zero attached hydrogens (tertiary/aromatic N) is 3. The summed E-state index contributed by atoms with van der Waals surface area (Å²) in [5.41, 5.74) is 10.3. The predicted molar refractivity (Wildman–Crippen MR) is 61.4 cm³/mol. The molecule has 0 aromatic rings. The van der Waals surface area contributed by atoms with Crippen LogP contribution >= 0.6 is 0 Å². The summed E-state index contributed by atoms with van der Waals surface area (Å²) in [6.45, 7) is 5.31. The van der Waals surface area contributed by atoms with Gasteiger partial charge in [0.2, 0.25) is 0 Å². The summed E-state index contributed by atoms with van der Waals surface area (Å²) >= 11 is 0. The lowest BCUT2D eigenvalue weighted by molar-refractivity contribution is -0.0869. The fourth-order valence-electron chi connectivity index (χ4n) is 2.50. The molecule has 16 heavy (non-hydrogen) atoms. The monoisotopic (exact) mass is 224 g/mol. The van der Waals surface area contributed by atoms with Gasteiger partial charge in [0.05, 0.1) is 0 Å². The van der Waals surface area contributed by atoms with Gasteiger partial charge in [0.25, 0.3) is 0 Å². The van der Waals surface area contributed by atoms with Crippen LogP contribution in [0.3, 0.4) is 0 Å². The predicted octanol–water partition coefficient (Wildman–Crippen LogP) is -0.975. The van der Waals surface area contributed by atoms with Crippen LogP contribution in [0, 0.1) is 0 Å². The van der Waals surface area contributed by atoms with Gasteiger partial charge in [-0.3, -0.25) is 15.9 Å². The topological polar surface area (TPSA) is 45.8 Å². The van der Waals surface area contributed by atoms with E-state index in [1.165, 1.54) is 12.8 Å². The molecule has 6 nitrogen and oxygen atoms in total. The third-order valence-corrected chi connectivity index (χ3v) is 3.25. The van der Waals surface area contributed by atoms with E-state index in [1.54, 1.807) is 0 Å². The van der Waals surface area contributed by atoms with Crippen molar-refractivity contribution in [3.8, 4) is 0 Å². The van der Waals surface area contributed by atoms with Gasteiger partial charge in [-0.15, -0.1) is 0 Å². The Morgan fingerprint density at radius 2 is 1.62 bits per heavy atom. The maximum Gasteiger partial charge on any atom is 0.178 e. The first-order valence-electron chi connectivity index (χ1n) is 6.14. The molecule has 6 heteroatoms. The third-order valence-electron chi connectivity index (χ3n) is 3.25. The van der Waals surface area contributed by atoms with Crippen molar-refractivity contribution in [2.75, 3.05) is 32.7 Å². The standard InChI is InChI=1S/C10H20N6/c1-4-11-14(7-1)10(15-8-2-5-12-15)16-9-3-6-13-16/h1,7,10-13H,2-6,8-9H2. The van der Waals surface area contributed by atoms with E-state index < -0.39 is 0 Å². The largest absolute Gasteiger partial charge is 0.282 e. The Labute approximate surface area is 96.2 Å². The van der Waals surface area contributed by atoms with E-state index in [0.717, 1.165) is 32.7 Å². The van der Waals surface area contributed by atoms with Gasteiger partial charge < -0.3 is 0 Å². The van der Waals surface area contributed by atoms with Crippen molar-refractivity contribution in [1.82, 2.24) is 31.3 Å². The normalized spacial score (nSPS) is 27.7. The Hall–Kier alpha value is -0.660. The molecule has 3 aliphatic rings. The summed E-state index contributed by atoms with van der Waals surface area (Å²) in [5.74, 6) is 0. The van der Waals surface area contributed by atoms with Crippen LogP contribution in [0.1, 0.15) is 12.8 Å². The average Bonchev–Trinajstić information content (AvgIpc) is 3.02. The Kier molecular flexibility index (Phi) is 3.07. The molecule has 3 N–H and O–H groups in total. The summed E-state index contributed by atoms with van der Waals surface area (Å²) in [7, 11) is 0. The minimum Gasteiger partial charge on any atom is -0.282 e. The highest BCUT2D eigenvalue weighted by atomic mass is 15.8. The van der Waals surface area contributed by atoms with E-state index in [9.17, 15) is 0 Å². The van der Waals surface area contributed by atoms with Crippen molar-refractivity contribution in [2.24, 2.45) is 0 Å². The van der Waals surface area contributed by atoms with Crippen molar-refractivity contribution in [2.45, 2.75) is 19.1 Å². The van der Waals surface area contributed by atoms with Crippen LogP contribution in [0.5, 0.6) is 0 Å². The molecular weight excluding hydrogens is 204 g/mol. The Bertz CT molecular complexity index is 240. The molecule has 0 atom stereocenters. The highest BCUT2D eigenvalue weighted by Crippen LogP contribution is 2.15. The van der Waals surface area contributed by atoms with E-state index in [4.69, 9.17) is 0 Å². The lowest BCUT2D eigenvalue weighted by atomic mass is 10.4. The Morgan fingerprint density at radius 3 is 2.06 bits per heavy atom. The summed E-state index contributed by atoms with van der Waals surface area (Å²) in [5, 5.41) is 6.79. The average molecular weight is 224 g/mol. The van der Waals surface area contributed by atoms with Gasteiger partial charge in [-0.2, -0.15) is 0 Å². The molecule has 0 aliphatic carbocycles. The lowest BCUT2D eigenvalue weighted by Gasteiger charge is -2.40. The van der Waals surface area contributed by atoms with Crippen LogP contribution in [-0.2, 0) is 0 Å². The zero-order chi connectivity index (χ0) is 10.8. The van der Waals surface area contributed by atoms with E-state index in [1.807, 2.05) is 0 Å². The first-order valence-corrected chi connectivity index (χ1v) is 6.14. The second-order valence-corrected chi connectivity index (χ2v) is 4.41. The van der Waals surface area contributed by atoms with E-state index in [0.29, 0.717) is 0 Å². The van der Waals surface area contributed by atoms with Crippen LogP contribution in [0.25, 0.3) is 0 Å². The molecule has 0 saturated carbocycles. The van der Waals surface area contributed by atoms with Gasteiger partial charge in [-0.1, -0.05) is 6.08 Å². The van der Waals surface area contributed by atoms with Crippen molar-refractivity contribution in [3.63, 3.8) is 0 Å². The maximum atomic E-state index is 3.45. The van der Waals surface area contributed by atoms with Gasteiger partial charge in [0.15, 0.2) is 6.29 Å². The molecule has 0 aromatic carbocycles. The van der Waals surface area contributed by atoms with E-state index in [-0.39, 0.29) is 6.29 Å². The van der Waals surface area contributed by atoms with E-state index >= 15 is 0 Å². The zero-order valence-electron chi connectivity index (χ0n) is 9.52. The number of hydrogen-bond donors (Lipinski definition) is 3.